The van der Waals surface area contributed by atoms with Crippen LogP contribution < -0.4 is 4.74 Å². The van der Waals surface area contributed by atoms with E-state index in [2.05, 4.69) is 0 Å². The zero-order chi connectivity index (χ0) is 12.1. The second-order valence-corrected chi connectivity index (χ2v) is 4.56. The molecule has 1 aromatic carbocycles. The van der Waals surface area contributed by atoms with E-state index >= 15 is 0 Å². The highest BCUT2D eigenvalue weighted by Crippen LogP contribution is 2.13. The van der Waals surface area contributed by atoms with Crippen molar-refractivity contribution in [1.82, 2.24) is 0 Å². The van der Waals surface area contributed by atoms with Gasteiger partial charge in [-0.2, -0.15) is 0 Å². The molecule has 2 rings (SSSR count). The predicted molar refractivity (Wildman–Crippen MR) is 70.2 cm³/mol. The van der Waals surface area contributed by atoms with Gasteiger partial charge in [0.05, 0.1) is 0 Å². The first-order valence-corrected chi connectivity index (χ1v) is 6.12. The molecule has 0 fully saturated rings. The molecule has 0 aliphatic rings. The molecule has 1 heterocycles. The lowest BCUT2D eigenvalue weighted by atomic mass is 10.2. The maximum absolute atomic E-state index is 11.5. The van der Waals surface area contributed by atoms with Gasteiger partial charge in [-0.1, -0.05) is 23.8 Å². The highest BCUT2D eigenvalue weighted by molar-refractivity contribution is 7.10. The molecule has 0 spiro atoms. The minimum atomic E-state index is -0.359. The van der Waals surface area contributed by atoms with Crippen molar-refractivity contribution in [2.75, 3.05) is 0 Å². The second kappa shape index (κ2) is 5.46. The summed E-state index contributed by atoms with van der Waals surface area (Å²) >= 11 is 1.58. The van der Waals surface area contributed by atoms with Crippen LogP contribution in [0.15, 0.2) is 47.9 Å². The van der Waals surface area contributed by atoms with Crippen molar-refractivity contribution in [3.05, 3.63) is 58.3 Å². The Morgan fingerprint density at radius 3 is 2.65 bits per heavy atom. The Morgan fingerprint density at radius 1 is 1.24 bits per heavy atom. The van der Waals surface area contributed by atoms with Crippen LogP contribution in [0.1, 0.15) is 10.4 Å². The lowest BCUT2D eigenvalue weighted by Gasteiger charge is -2.00. The van der Waals surface area contributed by atoms with Gasteiger partial charge in [-0.25, -0.2) is 4.79 Å². The van der Waals surface area contributed by atoms with Crippen LogP contribution in [0.2, 0.25) is 0 Å². The fraction of sp³-hybridized carbons (Fsp3) is 0.0714. The van der Waals surface area contributed by atoms with Crippen LogP contribution in [-0.2, 0) is 4.79 Å². The second-order valence-electron chi connectivity index (χ2n) is 3.58. The molecule has 0 atom stereocenters. The molecule has 0 saturated heterocycles. The summed E-state index contributed by atoms with van der Waals surface area (Å²) in [5, 5.41) is 1.96. The number of thiophene rings is 1. The quantitative estimate of drug-likeness (QED) is 0.468. The fourth-order valence-electron chi connectivity index (χ4n) is 1.29. The molecular weight excluding hydrogens is 232 g/mol. The van der Waals surface area contributed by atoms with Crippen molar-refractivity contribution in [2.45, 2.75) is 6.92 Å². The summed E-state index contributed by atoms with van der Waals surface area (Å²) in [7, 11) is 0. The van der Waals surface area contributed by atoms with Gasteiger partial charge in [0.2, 0.25) is 0 Å². The predicted octanol–water partition coefficient (Wildman–Crippen LogP) is 3.68. The molecule has 0 aliphatic carbocycles. The van der Waals surface area contributed by atoms with Gasteiger partial charge in [0.15, 0.2) is 0 Å². The summed E-state index contributed by atoms with van der Waals surface area (Å²) in [4.78, 5) is 12.5. The Kier molecular flexibility index (Phi) is 3.73. The van der Waals surface area contributed by atoms with E-state index in [1.165, 1.54) is 6.08 Å². The average molecular weight is 244 g/mol. The third-order valence-electron chi connectivity index (χ3n) is 2.17. The molecule has 0 unspecified atom stereocenters. The zero-order valence-corrected chi connectivity index (χ0v) is 10.2. The maximum Gasteiger partial charge on any atom is 0.336 e. The van der Waals surface area contributed by atoms with E-state index < -0.39 is 0 Å². The van der Waals surface area contributed by atoms with E-state index in [9.17, 15) is 4.79 Å². The van der Waals surface area contributed by atoms with E-state index in [0.29, 0.717) is 5.75 Å². The molecule has 86 valence electrons. The van der Waals surface area contributed by atoms with Crippen molar-refractivity contribution in [3.63, 3.8) is 0 Å². The summed E-state index contributed by atoms with van der Waals surface area (Å²) in [6.07, 6.45) is 3.19. The van der Waals surface area contributed by atoms with Gasteiger partial charge < -0.3 is 4.74 Å². The maximum atomic E-state index is 11.5. The average Bonchev–Trinajstić information content (AvgIpc) is 2.83. The molecular formula is C14H12O2S. The van der Waals surface area contributed by atoms with E-state index in [1.54, 1.807) is 29.5 Å². The lowest BCUT2D eigenvalue weighted by molar-refractivity contribution is -0.128. The number of ether oxygens (including phenoxy) is 1. The normalized spacial score (nSPS) is 10.6. The summed E-state index contributed by atoms with van der Waals surface area (Å²) in [6, 6.07) is 11.3. The summed E-state index contributed by atoms with van der Waals surface area (Å²) < 4.78 is 5.15. The van der Waals surface area contributed by atoms with E-state index in [4.69, 9.17) is 4.74 Å². The lowest BCUT2D eigenvalue weighted by Crippen LogP contribution is -2.03. The highest BCUT2D eigenvalue weighted by atomic mass is 32.1. The van der Waals surface area contributed by atoms with Crippen molar-refractivity contribution in [2.24, 2.45) is 0 Å². The summed E-state index contributed by atoms with van der Waals surface area (Å²) in [5.41, 5.74) is 1.14. The molecule has 0 N–H and O–H groups in total. The first-order valence-electron chi connectivity index (χ1n) is 5.24. The van der Waals surface area contributed by atoms with E-state index in [-0.39, 0.29) is 5.97 Å². The van der Waals surface area contributed by atoms with Crippen LogP contribution >= 0.6 is 11.3 Å². The minimum absolute atomic E-state index is 0.359. The van der Waals surface area contributed by atoms with Gasteiger partial charge in [0.25, 0.3) is 0 Å². The van der Waals surface area contributed by atoms with Crippen LogP contribution in [0.3, 0.4) is 0 Å². The number of aryl methyl sites for hydroxylation is 1. The van der Waals surface area contributed by atoms with Crippen molar-refractivity contribution in [3.8, 4) is 5.75 Å². The van der Waals surface area contributed by atoms with Gasteiger partial charge in [0.1, 0.15) is 5.75 Å². The Balaban J connectivity index is 1.95. The molecule has 0 saturated carbocycles. The van der Waals surface area contributed by atoms with Gasteiger partial charge in [-0.05, 0) is 36.6 Å². The largest absolute Gasteiger partial charge is 0.423 e. The van der Waals surface area contributed by atoms with Crippen LogP contribution in [0, 0.1) is 6.92 Å². The van der Waals surface area contributed by atoms with E-state index in [0.717, 1.165) is 10.4 Å². The molecule has 0 bridgehead atoms. The number of carbonyl (C=O) groups is 1. The number of hydrogen-bond donors (Lipinski definition) is 0. The third-order valence-corrected chi connectivity index (χ3v) is 3.00. The standard InChI is InChI=1S/C14H12O2S/c1-11-4-6-12(7-5-11)16-14(15)9-8-13-3-2-10-17-13/h2-10H,1H3. The fourth-order valence-corrected chi connectivity index (χ4v) is 1.91. The van der Waals surface area contributed by atoms with Gasteiger partial charge in [0, 0.05) is 11.0 Å². The SMILES string of the molecule is Cc1ccc(OC(=O)C=Cc2cccs2)cc1. The number of hydrogen-bond acceptors (Lipinski definition) is 3. The summed E-state index contributed by atoms with van der Waals surface area (Å²) in [5.74, 6) is 0.207. The number of rotatable bonds is 3. The smallest absolute Gasteiger partial charge is 0.336 e. The highest BCUT2D eigenvalue weighted by Gasteiger charge is 1.99. The Morgan fingerprint density at radius 2 is 2.00 bits per heavy atom. The Bertz CT molecular complexity index is 510. The van der Waals surface area contributed by atoms with Crippen molar-refractivity contribution < 1.29 is 9.53 Å². The van der Waals surface area contributed by atoms with E-state index in [1.807, 2.05) is 36.6 Å². The van der Waals surface area contributed by atoms with Crippen molar-refractivity contribution in [1.29, 1.82) is 0 Å². The Hall–Kier alpha value is -1.87. The van der Waals surface area contributed by atoms with Crippen LogP contribution in [0.25, 0.3) is 6.08 Å². The minimum Gasteiger partial charge on any atom is -0.423 e. The molecule has 2 nitrogen and oxygen atoms in total. The third kappa shape index (κ3) is 3.57. The van der Waals surface area contributed by atoms with Gasteiger partial charge in [-0.15, -0.1) is 11.3 Å². The number of esters is 1. The summed E-state index contributed by atoms with van der Waals surface area (Å²) in [6.45, 7) is 1.99. The van der Waals surface area contributed by atoms with Crippen LogP contribution in [-0.4, -0.2) is 5.97 Å². The van der Waals surface area contributed by atoms with Gasteiger partial charge >= 0.3 is 5.97 Å². The zero-order valence-electron chi connectivity index (χ0n) is 9.42. The molecule has 3 heteroatoms. The molecule has 17 heavy (non-hydrogen) atoms. The van der Waals surface area contributed by atoms with Crippen molar-refractivity contribution >= 4 is 23.4 Å². The van der Waals surface area contributed by atoms with Crippen LogP contribution in [0.4, 0.5) is 0 Å². The van der Waals surface area contributed by atoms with Crippen LogP contribution in [0.5, 0.6) is 5.75 Å². The van der Waals surface area contributed by atoms with Gasteiger partial charge in [-0.3, -0.25) is 0 Å². The molecule has 0 radical (unpaired) electrons. The monoisotopic (exact) mass is 244 g/mol. The number of carbonyl (C=O) groups excluding carboxylic acids is 1. The molecule has 1 aromatic heterocycles. The Labute approximate surface area is 104 Å². The molecule has 0 amide bonds. The first-order chi connectivity index (χ1) is 8.24. The first kappa shape index (κ1) is 11.6. The topological polar surface area (TPSA) is 26.3 Å². The molecule has 0 aliphatic heterocycles. The number of benzene rings is 1. The molecule has 2 aromatic rings.